The van der Waals surface area contributed by atoms with Crippen molar-refractivity contribution in [1.29, 1.82) is 0 Å². The third-order valence-corrected chi connectivity index (χ3v) is 0. The van der Waals surface area contributed by atoms with E-state index < -0.39 is 0 Å². The molecule has 0 heterocycles. The van der Waals surface area contributed by atoms with Crippen molar-refractivity contribution < 1.29 is 10.1 Å². The van der Waals surface area contributed by atoms with Crippen molar-refractivity contribution in [1.82, 2.24) is 6.15 Å². The molecule has 0 unspecified atom stereocenters. The summed E-state index contributed by atoms with van der Waals surface area (Å²) in [5, 5.41) is 0. The van der Waals surface area contributed by atoms with Crippen LogP contribution in [0.4, 0.5) is 0 Å². The minimum atomic E-state index is 0. The summed E-state index contributed by atoms with van der Waals surface area (Å²) in [6, 6.07) is 0. The Labute approximate surface area is 24.2 Å². The second-order valence-electron chi connectivity index (χ2n) is 0. The van der Waals surface area contributed by atoms with Crippen LogP contribution in [0, 0.1) is 6.65 Å². The molecule has 3 nitrogen and oxygen atoms in total. The number of rotatable bonds is 0. The van der Waals surface area contributed by atoms with Crippen LogP contribution in [-0.2, 0) is 4.65 Å². The Morgan fingerprint density at radius 3 is 1.25 bits per heavy atom. The maximum absolute atomic E-state index is 7.50. The molecule has 0 bridgehead atoms. The standard InChI is InChI=1S/CO.N.HO/c1-2;;/h;;1H. The van der Waals surface area contributed by atoms with Gasteiger partial charge in [-0.05, 0) is 0 Å². The first-order valence-electron chi connectivity index (χ1n) is 0.204. The Balaban J connectivity index is -0.00000000500. The topological polar surface area (TPSA) is 80.4 Å². The SMILES string of the molecule is [C-]#[O+].[N].[OH]. The van der Waals surface area contributed by atoms with Gasteiger partial charge in [0, 0.05) is 6.15 Å². The third-order valence-electron chi connectivity index (χ3n) is 0. The van der Waals surface area contributed by atoms with Gasteiger partial charge >= 0.3 is 11.3 Å². The molecule has 0 aliphatic rings. The van der Waals surface area contributed by atoms with Crippen molar-refractivity contribution in [2.45, 2.75) is 0 Å². The molecule has 4 heavy (non-hydrogen) atoms. The molecular weight excluding hydrogens is 58.0 g/mol. The smallest absolute Gasteiger partial charge is 0 e. The minimum Gasteiger partial charge on any atom is -0.255 e. The normalized spacial score (nSPS) is 0.500. The van der Waals surface area contributed by atoms with Gasteiger partial charge in [0.15, 0.2) is 0 Å². The molecule has 3 heteroatoms. The quantitative estimate of drug-likeness (QED) is 0.283. The molecule has 0 aromatic rings. The Morgan fingerprint density at radius 1 is 1.25 bits per heavy atom. The van der Waals surface area contributed by atoms with Crippen molar-refractivity contribution in [2.75, 3.05) is 0 Å². The van der Waals surface area contributed by atoms with Crippen molar-refractivity contribution in [2.24, 2.45) is 0 Å². The van der Waals surface area contributed by atoms with Gasteiger partial charge < -0.3 is 0 Å². The Kier molecular flexibility index (Phi) is 942. The Morgan fingerprint density at radius 2 is 1.25 bits per heavy atom. The van der Waals surface area contributed by atoms with E-state index >= 15 is 0 Å². The molecule has 0 aliphatic heterocycles. The summed E-state index contributed by atoms with van der Waals surface area (Å²) in [4.78, 5) is 0. The maximum Gasteiger partial charge on any atom is 0 e. The van der Waals surface area contributed by atoms with Crippen LogP contribution in [0.1, 0.15) is 0 Å². The van der Waals surface area contributed by atoms with Gasteiger partial charge in [-0.3, -0.25) is 5.48 Å². The van der Waals surface area contributed by atoms with Crippen LogP contribution in [-0.4, -0.2) is 5.48 Å². The van der Waals surface area contributed by atoms with E-state index in [1.807, 2.05) is 0 Å². The molecule has 1 N–H and O–H groups in total. The molecule has 0 rings (SSSR count). The third kappa shape index (κ3) is 6.26. The van der Waals surface area contributed by atoms with E-state index in [1.165, 1.54) is 0 Å². The fourth-order valence-electron chi connectivity index (χ4n) is 0. The van der Waals surface area contributed by atoms with Crippen LogP contribution < -0.4 is 6.15 Å². The van der Waals surface area contributed by atoms with Crippen molar-refractivity contribution in [3.05, 3.63) is 6.65 Å². The monoisotopic (exact) mass is 59.0 g/mol. The van der Waals surface area contributed by atoms with E-state index in [-0.39, 0.29) is 11.6 Å². The van der Waals surface area contributed by atoms with Crippen molar-refractivity contribution in [3.63, 3.8) is 0 Å². The van der Waals surface area contributed by atoms with E-state index in [4.69, 9.17) is 4.65 Å². The van der Waals surface area contributed by atoms with Crippen LogP contribution >= 0.6 is 0 Å². The summed E-state index contributed by atoms with van der Waals surface area (Å²) in [5.74, 6) is 0. The van der Waals surface area contributed by atoms with Crippen molar-refractivity contribution >= 4 is 0 Å². The second-order valence-corrected chi connectivity index (χ2v) is 0. The number of nitrogens with zero attached hydrogens (tertiary/aromatic N) is 1. The van der Waals surface area contributed by atoms with Crippen molar-refractivity contribution in [3.8, 4) is 0 Å². The molecule has 22 valence electrons. The zero-order chi connectivity index (χ0) is 2.00. The van der Waals surface area contributed by atoms with Crippen LogP contribution in [0.25, 0.3) is 0 Å². The second kappa shape index (κ2) is 63.4. The molecule has 0 amide bonds. The summed E-state index contributed by atoms with van der Waals surface area (Å²) in [5.41, 5.74) is 0. The minimum absolute atomic E-state index is 0. The molecule has 0 fully saturated rings. The Bertz CT molecular complexity index is 10.8. The average molecular weight is 59.0 g/mol. The van der Waals surface area contributed by atoms with Crippen LogP contribution in [0.5, 0.6) is 0 Å². The number of hydrogen-bond acceptors (Lipinski definition) is 0. The molecular formula is CHNO2. The zero-order valence-corrected chi connectivity index (χ0v) is 1.80. The average Bonchev–Trinajstić information content (AvgIpc) is 1.00. The molecule has 0 aromatic carbocycles. The van der Waals surface area contributed by atoms with Gasteiger partial charge in [0.2, 0.25) is 0 Å². The summed E-state index contributed by atoms with van der Waals surface area (Å²) in [6.07, 6.45) is 0. The van der Waals surface area contributed by atoms with Crippen LogP contribution in [0.3, 0.4) is 0 Å². The fourth-order valence-corrected chi connectivity index (χ4v) is 0. The fraction of sp³-hybridized carbons (Fsp3) is 0. The van der Waals surface area contributed by atoms with Gasteiger partial charge in [0.05, 0.1) is 0 Å². The first-order valence-corrected chi connectivity index (χ1v) is 0.204. The van der Waals surface area contributed by atoms with Gasteiger partial charge in [-0.2, -0.15) is 0 Å². The van der Waals surface area contributed by atoms with E-state index in [2.05, 4.69) is 6.65 Å². The van der Waals surface area contributed by atoms with E-state index in [0.717, 1.165) is 0 Å². The molecule has 4 radical (unpaired) electrons. The van der Waals surface area contributed by atoms with E-state index in [1.54, 1.807) is 0 Å². The summed E-state index contributed by atoms with van der Waals surface area (Å²) in [7, 11) is 0. The molecule has 0 saturated carbocycles. The molecule has 0 spiro atoms. The van der Waals surface area contributed by atoms with Gasteiger partial charge in [0.25, 0.3) is 0 Å². The van der Waals surface area contributed by atoms with E-state index in [0.29, 0.717) is 0 Å². The first kappa shape index (κ1) is 59.5. The van der Waals surface area contributed by atoms with Gasteiger partial charge in [-0.25, -0.2) is 0 Å². The molecule has 0 aliphatic carbocycles. The zero-order valence-electron chi connectivity index (χ0n) is 1.80. The Hall–Kier alpha value is -0.340. The summed E-state index contributed by atoms with van der Waals surface area (Å²) >= 11 is 0. The molecule has 0 saturated heterocycles. The summed E-state index contributed by atoms with van der Waals surface area (Å²) < 4.78 is 7.50. The number of hydrogen-bond donors (Lipinski definition) is 1. The van der Waals surface area contributed by atoms with Gasteiger partial charge in [0.1, 0.15) is 0 Å². The predicted octanol–water partition coefficient (Wildman–Crippen LogP) is -0.695. The largest absolute Gasteiger partial charge is 0.255 e. The molecule has 0 atom stereocenters. The van der Waals surface area contributed by atoms with Crippen LogP contribution in [0.2, 0.25) is 0 Å². The predicted molar refractivity (Wildman–Crippen MR) is 8.00 cm³/mol. The first-order chi connectivity index (χ1) is 1.00. The van der Waals surface area contributed by atoms with Gasteiger partial charge in [-0.1, -0.05) is 0 Å². The van der Waals surface area contributed by atoms with Crippen LogP contribution in [0.15, 0.2) is 0 Å². The van der Waals surface area contributed by atoms with E-state index in [9.17, 15) is 0 Å². The summed E-state index contributed by atoms with van der Waals surface area (Å²) in [6.45, 7) is 4.50. The maximum atomic E-state index is 7.50. The van der Waals surface area contributed by atoms with Gasteiger partial charge in [-0.15, -0.1) is 0 Å². The molecule has 0 aromatic heterocycles.